The van der Waals surface area contributed by atoms with E-state index in [9.17, 15) is 9.59 Å². The van der Waals surface area contributed by atoms with Crippen LogP contribution in [0.5, 0.6) is 5.75 Å². The Hall–Kier alpha value is -3.31. The minimum absolute atomic E-state index is 0.0170. The van der Waals surface area contributed by atoms with E-state index in [1.54, 1.807) is 13.2 Å². The molecule has 164 valence electrons. The van der Waals surface area contributed by atoms with Gasteiger partial charge in [-0.25, -0.2) is 0 Å². The van der Waals surface area contributed by atoms with Gasteiger partial charge in [-0.15, -0.1) is 0 Å². The second kappa shape index (κ2) is 9.88. The summed E-state index contributed by atoms with van der Waals surface area (Å²) in [6.07, 6.45) is 0.317. The standard InChI is InChI=1S/C26H25ClN2O3/c1-32-24-10-4-7-21(18-24)20-6-3-8-22(17-20)26(31)29-13-11-28(12-14-29)25(30)16-19-5-2-9-23(27)15-19/h2-10,15,17-18H,11-14,16H2,1H3. The number of hydrogen-bond donors (Lipinski definition) is 0. The van der Waals surface area contributed by atoms with Crippen LogP contribution in [0.2, 0.25) is 5.02 Å². The monoisotopic (exact) mass is 448 g/mol. The van der Waals surface area contributed by atoms with Gasteiger partial charge < -0.3 is 14.5 Å². The minimum Gasteiger partial charge on any atom is -0.497 e. The van der Waals surface area contributed by atoms with Gasteiger partial charge in [0.25, 0.3) is 5.91 Å². The number of piperazine rings is 1. The van der Waals surface area contributed by atoms with Crippen molar-refractivity contribution in [2.75, 3.05) is 33.3 Å². The molecule has 1 aliphatic rings. The summed E-state index contributed by atoms with van der Waals surface area (Å²) in [4.78, 5) is 29.4. The smallest absolute Gasteiger partial charge is 0.253 e. The number of amides is 2. The molecule has 3 aromatic carbocycles. The van der Waals surface area contributed by atoms with Crippen LogP contribution in [0, 0.1) is 0 Å². The first kappa shape index (κ1) is 21.9. The first-order chi connectivity index (χ1) is 15.5. The number of nitrogens with zero attached hydrogens (tertiary/aromatic N) is 2. The summed E-state index contributed by atoms with van der Waals surface area (Å²) in [7, 11) is 1.64. The SMILES string of the molecule is COc1cccc(-c2cccc(C(=O)N3CCN(C(=O)Cc4cccc(Cl)c4)CC3)c2)c1. The van der Waals surface area contributed by atoms with Crippen LogP contribution >= 0.6 is 11.6 Å². The summed E-state index contributed by atoms with van der Waals surface area (Å²) >= 11 is 6.02. The average molecular weight is 449 g/mol. The highest BCUT2D eigenvalue weighted by atomic mass is 35.5. The fourth-order valence-electron chi connectivity index (χ4n) is 3.91. The van der Waals surface area contributed by atoms with E-state index in [0.29, 0.717) is 43.2 Å². The third-order valence-electron chi connectivity index (χ3n) is 5.68. The van der Waals surface area contributed by atoms with Gasteiger partial charge >= 0.3 is 0 Å². The van der Waals surface area contributed by atoms with E-state index in [2.05, 4.69) is 0 Å². The lowest BCUT2D eigenvalue weighted by molar-refractivity contribution is -0.131. The zero-order valence-electron chi connectivity index (χ0n) is 18.0. The van der Waals surface area contributed by atoms with Crippen molar-refractivity contribution < 1.29 is 14.3 Å². The Morgan fingerprint density at radius 2 is 1.50 bits per heavy atom. The summed E-state index contributed by atoms with van der Waals surface area (Å²) in [6, 6.07) is 22.8. The van der Waals surface area contributed by atoms with Crippen LogP contribution in [0.15, 0.2) is 72.8 Å². The Labute approximate surface area is 193 Å². The van der Waals surface area contributed by atoms with Crippen LogP contribution in [0.3, 0.4) is 0 Å². The molecule has 6 heteroatoms. The van der Waals surface area contributed by atoms with Gasteiger partial charge in [0.05, 0.1) is 13.5 Å². The molecule has 4 rings (SSSR count). The summed E-state index contributed by atoms with van der Waals surface area (Å²) in [5, 5.41) is 0.627. The highest BCUT2D eigenvalue weighted by molar-refractivity contribution is 6.30. The van der Waals surface area contributed by atoms with Crippen molar-refractivity contribution in [3.05, 3.63) is 88.9 Å². The van der Waals surface area contributed by atoms with E-state index in [1.165, 1.54) is 0 Å². The average Bonchev–Trinajstić information content (AvgIpc) is 2.84. The molecule has 0 unspecified atom stereocenters. The Morgan fingerprint density at radius 3 is 2.22 bits per heavy atom. The maximum Gasteiger partial charge on any atom is 0.253 e. The first-order valence-electron chi connectivity index (χ1n) is 10.6. The molecule has 32 heavy (non-hydrogen) atoms. The van der Waals surface area contributed by atoms with Crippen molar-refractivity contribution >= 4 is 23.4 Å². The molecular formula is C26H25ClN2O3. The molecule has 1 saturated heterocycles. The van der Waals surface area contributed by atoms with Gasteiger partial charge in [0.15, 0.2) is 0 Å². The van der Waals surface area contributed by atoms with Gasteiger partial charge in [-0.05, 0) is 53.1 Å². The van der Waals surface area contributed by atoms with Crippen molar-refractivity contribution in [2.45, 2.75) is 6.42 Å². The quantitative estimate of drug-likeness (QED) is 0.575. The molecule has 3 aromatic rings. The Bertz CT molecular complexity index is 1120. The number of rotatable bonds is 5. The zero-order valence-corrected chi connectivity index (χ0v) is 18.7. The van der Waals surface area contributed by atoms with Gasteiger partial charge in [0.1, 0.15) is 5.75 Å². The van der Waals surface area contributed by atoms with Gasteiger partial charge in [-0.2, -0.15) is 0 Å². The molecule has 0 saturated carbocycles. The molecule has 0 N–H and O–H groups in total. The number of ether oxygens (including phenoxy) is 1. The maximum absolute atomic E-state index is 13.1. The molecular weight excluding hydrogens is 424 g/mol. The van der Waals surface area contributed by atoms with Crippen LogP contribution in [0.1, 0.15) is 15.9 Å². The van der Waals surface area contributed by atoms with Crippen LogP contribution in [-0.2, 0) is 11.2 Å². The second-order valence-electron chi connectivity index (χ2n) is 7.79. The maximum atomic E-state index is 13.1. The van der Waals surface area contributed by atoms with E-state index in [-0.39, 0.29) is 11.8 Å². The third-order valence-corrected chi connectivity index (χ3v) is 5.91. The number of halogens is 1. The van der Waals surface area contributed by atoms with E-state index < -0.39 is 0 Å². The predicted octanol–water partition coefficient (Wildman–Crippen LogP) is 4.54. The van der Waals surface area contributed by atoms with E-state index in [1.807, 2.05) is 76.5 Å². The van der Waals surface area contributed by atoms with E-state index >= 15 is 0 Å². The van der Waals surface area contributed by atoms with Gasteiger partial charge in [-0.1, -0.05) is 48.0 Å². The Kier molecular flexibility index (Phi) is 6.76. The zero-order chi connectivity index (χ0) is 22.5. The summed E-state index contributed by atoms with van der Waals surface area (Å²) in [5.41, 5.74) is 3.50. The largest absolute Gasteiger partial charge is 0.497 e. The molecule has 0 bridgehead atoms. The first-order valence-corrected chi connectivity index (χ1v) is 11.0. The van der Waals surface area contributed by atoms with Crippen LogP contribution in [0.4, 0.5) is 0 Å². The lowest BCUT2D eigenvalue weighted by Crippen LogP contribution is -2.51. The molecule has 2 amide bonds. The number of carbonyl (C=O) groups excluding carboxylic acids is 2. The van der Waals surface area contributed by atoms with Crippen LogP contribution in [-0.4, -0.2) is 54.9 Å². The molecule has 1 aliphatic heterocycles. The van der Waals surface area contributed by atoms with Crippen molar-refractivity contribution in [1.82, 2.24) is 9.80 Å². The molecule has 0 aliphatic carbocycles. The topological polar surface area (TPSA) is 49.9 Å². The number of benzene rings is 3. The minimum atomic E-state index is -0.0170. The molecule has 0 spiro atoms. The highest BCUT2D eigenvalue weighted by Crippen LogP contribution is 2.25. The summed E-state index contributed by atoms with van der Waals surface area (Å²) < 4.78 is 5.31. The van der Waals surface area contributed by atoms with Crippen molar-refractivity contribution in [3.8, 4) is 16.9 Å². The lowest BCUT2D eigenvalue weighted by Gasteiger charge is -2.35. The van der Waals surface area contributed by atoms with Crippen LogP contribution in [0.25, 0.3) is 11.1 Å². The number of carbonyl (C=O) groups is 2. The molecule has 1 heterocycles. The van der Waals surface area contributed by atoms with Crippen molar-refractivity contribution in [1.29, 1.82) is 0 Å². The molecule has 0 aromatic heterocycles. The Balaban J connectivity index is 1.38. The summed E-state index contributed by atoms with van der Waals surface area (Å²) in [6.45, 7) is 2.09. The second-order valence-corrected chi connectivity index (χ2v) is 8.23. The van der Waals surface area contributed by atoms with E-state index in [4.69, 9.17) is 16.3 Å². The van der Waals surface area contributed by atoms with Crippen molar-refractivity contribution in [3.63, 3.8) is 0 Å². The highest BCUT2D eigenvalue weighted by Gasteiger charge is 2.25. The molecule has 1 fully saturated rings. The lowest BCUT2D eigenvalue weighted by atomic mass is 10.0. The predicted molar refractivity (Wildman–Crippen MR) is 126 cm³/mol. The molecule has 0 atom stereocenters. The molecule has 0 radical (unpaired) electrons. The molecule has 5 nitrogen and oxygen atoms in total. The number of methoxy groups -OCH3 is 1. The fraction of sp³-hybridized carbons (Fsp3) is 0.231. The van der Waals surface area contributed by atoms with Crippen LogP contribution < -0.4 is 4.74 Å². The third kappa shape index (κ3) is 5.11. The Morgan fingerprint density at radius 1 is 0.844 bits per heavy atom. The van der Waals surface area contributed by atoms with Gasteiger partial charge in [0, 0.05) is 36.8 Å². The fourth-order valence-corrected chi connectivity index (χ4v) is 4.12. The van der Waals surface area contributed by atoms with Gasteiger partial charge in [0.2, 0.25) is 5.91 Å². The number of hydrogen-bond acceptors (Lipinski definition) is 3. The van der Waals surface area contributed by atoms with Gasteiger partial charge in [-0.3, -0.25) is 9.59 Å². The summed E-state index contributed by atoms with van der Waals surface area (Å²) in [5.74, 6) is 0.814. The van der Waals surface area contributed by atoms with E-state index in [0.717, 1.165) is 22.4 Å². The normalized spacial score (nSPS) is 13.7. The van der Waals surface area contributed by atoms with Crippen molar-refractivity contribution in [2.24, 2.45) is 0 Å².